The Morgan fingerprint density at radius 1 is 1.33 bits per heavy atom. The third kappa shape index (κ3) is 5.60. The van der Waals surface area contributed by atoms with E-state index in [4.69, 9.17) is 5.11 Å². The van der Waals surface area contributed by atoms with Gasteiger partial charge >= 0.3 is 0 Å². The molecule has 0 rings (SSSR count). The molecule has 0 saturated carbocycles. The van der Waals surface area contributed by atoms with Crippen molar-refractivity contribution in [2.75, 3.05) is 13.2 Å². The van der Waals surface area contributed by atoms with Crippen molar-refractivity contribution < 1.29 is 19.8 Å². The van der Waals surface area contributed by atoms with Crippen LogP contribution < -0.4 is 5.32 Å². The zero-order chi connectivity index (χ0) is 14.3. The molecule has 0 aliphatic rings. The van der Waals surface area contributed by atoms with E-state index in [0.29, 0.717) is 13.0 Å². The number of aliphatic hydroxyl groups is 2. The van der Waals surface area contributed by atoms with Gasteiger partial charge in [-0.2, -0.15) is 0 Å². The Balaban J connectivity index is 3.95. The Morgan fingerprint density at radius 3 is 2.33 bits per heavy atom. The fraction of sp³-hybridized carbons (Fsp3) is 0.846. The Kier molecular flexibility index (Phi) is 7.09. The van der Waals surface area contributed by atoms with Gasteiger partial charge < -0.3 is 15.5 Å². The zero-order valence-corrected chi connectivity index (χ0v) is 11.7. The third-order valence-electron chi connectivity index (χ3n) is 3.20. The van der Waals surface area contributed by atoms with Crippen molar-refractivity contribution in [3.05, 3.63) is 0 Å². The molecule has 0 aromatic rings. The second kappa shape index (κ2) is 7.48. The lowest BCUT2D eigenvalue weighted by Crippen LogP contribution is -2.45. The number of rotatable bonds is 8. The summed E-state index contributed by atoms with van der Waals surface area (Å²) >= 11 is 0. The lowest BCUT2D eigenvalue weighted by molar-refractivity contribution is -0.137. The van der Waals surface area contributed by atoms with Gasteiger partial charge in [-0.3, -0.25) is 9.59 Å². The summed E-state index contributed by atoms with van der Waals surface area (Å²) in [6, 6.07) is 0. The number of ketones is 1. The summed E-state index contributed by atoms with van der Waals surface area (Å²) in [6.07, 6.45) is 0.182. The average Bonchev–Trinajstić information content (AvgIpc) is 2.32. The molecule has 0 saturated heterocycles. The monoisotopic (exact) mass is 259 g/mol. The summed E-state index contributed by atoms with van der Waals surface area (Å²) < 4.78 is 0. The molecular weight excluding hydrogens is 234 g/mol. The highest BCUT2D eigenvalue weighted by Crippen LogP contribution is 2.19. The lowest BCUT2D eigenvalue weighted by Gasteiger charge is -2.27. The first-order chi connectivity index (χ1) is 8.22. The topological polar surface area (TPSA) is 86.6 Å². The molecule has 0 aliphatic carbocycles. The van der Waals surface area contributed by atoms with Gasteiger partial charge in [0.15, 0.2) is 0 Å². The molecule has 0 aliphatic heterocycles. The molecule has 0 spiro atoms. The molecule has 0 radical (unpaired) electrons. The normalized spacial score (nSPS) is 15.0. The maximum Gasteiger partial charge on any atom is 0.249 e. The summed E-state index contributed by atoms with van der Waals surface area (Å²) in [5, 5.41) is 21.4. The Bertz CT molecular complexity index is 289. The molecule has 2 atom stereocenters. The van der Waals surface area contributed by atoms with E-state index in [-0.39, 0.29) is 18.3 Å². The number of carbonyl (C=O) groups is 2. The largest absolute Gasteiger partial charge is 0.396 e. The minimum absolute atomic E-state index is 0.000656. The predicted molar refractivity (Wildman–Crippen MR) is 69.0 cm³/mol. The van der Waals surface area contributed by atoms with E-state index < -0.39 is 17.4 Å². The number of Topliss-reactive ketones (excluding diaryl/α,β-unsaturated/α-hetero) is 1. The highest BCUT2D eigenvalue weighted by atomic mass is 16.3. The molecule has 5 nitrogen and oxygen atoms in total. The first kappa shape index (κ1) is 17.1. The molecule has 0 aromatic heterocycles. The van der Waals surface area contributed by atoms with E-state index >= 15 is 0 Å². The van der Waals surface area contributed by atoms with Crippen LogP contribution in [0.2, 0.25) is 0 Å². The molecule has 0 bridgehead atoms. The van der Waals surface area contributed by atoms with Gasteiger partial charge in [0.05, 0.1) is 6.61 Å². The maximum absolute atomic E-state index is 11.6. The van der Waals surface area contributed by atoms with Crippen LogP contribution >= 0.6 is 0 Å². The van der Waals surface area contributed by atoms with Crippen molar-refractivity contribution in [1.29, 1.82) is 0 Å². The highest BCUT2D eigenvalue weighted by molar-refractivity contribution is 5.81. The Labute approximate surface area is 109 Å². The number of hydrogen-bond acceptors (Lipinski definition) is 4. The second-order valence-corrected chi connectivity index (χ2v) is 5.49. The summed E-state index contributed by atoms with van der Waals surface area (Å²) in [5.74, 6) is -0.340. The number of aliphatic hydroxyl groups excluding tert-OH is 2. The van der Waals surface area contributed by atoms with Gasteiger partial charge in [-0.1, -0.05) is 20.8 Å². The van der Waals surface area contributed by atoms with Gasteiger partial charge in [0.1, 0.15) is 11.9 Å². The average molecular weight is 259 g/mol. The van der Waals surface area contributed by atoms with Crippen LogP contribution in [0.4, 0.5) is 0 Å². The molecule has 0 fully saturated rings. The van der Waals surface area contributed by atoms with Crippen molar-refractivity contribution in [2.45, 2.75) is 46.6 Å². The van der Waals surface area contributed by atoms with E-state index in [9.17, 15) is 14.7 Å². The second-order valence-electron chi connectivity index (χ2n) is 5.49. The SMILES string of the molecule is CC(=O)C(C)CCCNC(=O)C(O)C(C)(C)CO. The summed E-state index contributed by atoms with van der Waals surface area (Å²) in [6.45, 7) is 6.81. The van der Waals surface area contributed by atoms with Crippen molar-refractivity contribution in [1.82, 2.24) is 5.32 Å². The van der Waals surface area contributed by atoms with Crippen LogP contribution in [-0.2, 0) is 9.59 Å². The third-order valence-corrected chi connectivity index (χ3v) is 3.20. The molecule has 0 heterocycles. The van der Waals surface area contributed by atoms with E-state index in [0.717, 1.165) is 6.42 Å². The molecule has 0 aromatic carbocycles. The first-order valence-electron chi connectivity index (χ1n) is 6.29. The van der Waals surface area contributed by atoms with Crippen LogP contribution in [0.3, 0.4) is 0 Å². The standard InChI is InChI=1S/C13H25NO4/c1-9(10(2)16)6-5-7-14-12(18)11(17)13(3,4)8-15/h9,11,15,17H,5-8H2,1-4H3,(H,14,18). The van der Waals surface area contributed by atoms with Crippen LogP contribution in [-0.4, -0.2) is 41.2 Å². The number of hydrogen-bond donors (Lipinski definition) is 3. The van der Waals surface area contributed by atoms with Gasteiger partial charge in [-0.25, -0.2) is 0 Å². The number of amides is 1. The summed E-state index contributed by atoms with van der Waals surface area (Å²) in [7, 11) is 0. The molecule has 18 heavy (non-hydrogen) atoms. The van der Waals surface area contributed by atoms with E-state index in [2.05, 4.69) is 5.32 Å². The van der Waals surface area contributed by atoms with Crippen molar-refractivity contribution >= 4 is 11.7 Å². The summed E-state index contributed by atoms with van der Waals surface area (Å²) in [4.78, 5) is 22.6. The predicted octanol–water partition coefficient (Wildman–Crippen LogP) is 0.487. The fourth-order valence-corrected chi connectivity index (χ4v) is 1.36. The van der Waals surface area contributed by atoms with Crippen molar-refractivity contribution in [3.8, 4) is 0 Å². The smallest absolute Gasteiger partial charge is 0.249 e. The van der Waals surface area contributed by atoms with E-state index in [1.54, 1.807) is 20.8 Å². The molecule has 3 N–H and O–H groups in total. The number of carbonyl (C=O) groups excluding carboxylic acids is 2. The van der Waals surface area contributed by atoms with Crippen LogP contribution in [0.5, 0.6) is 0 Å². The maximum atomic E-state index is 11.6. The van der Waals surface area contributed by atoms with Gasteiger partial charge in [0.25, 0.3) is 0 Å². The highest BCUT2D eigenvalue weighted by Gasteiger charge is 2.32. The van der Waals surface area contributed by atoms with Crippen LogP contribution in [0, 0.1) is 11.3 Å². The van der Waals surface area contributed by atoms with Crippen LogP contribution in [0.15, 0.2) is 0 Å². The van der Waals surface area contributed by atoms with Gasteiger partial charge in [-0.15, -0.1) is 0 Å². The molecule has 106 valence electrons. The van der Waals surface area contributed by atoms with Crippen LogP contribution in [0.1, 0.15) is 40.5 Å². The van der Waals surface area contributed by atoms with Crippen molar-refractivity contribution in [3.63, 3.8) is 0 Å². The molecular formula is C13H25NO4. The minimum Gasteiger partial charge on any atom is -0.396 e. The quantitative estimate of drug-likeness (QED) is 0.554. The van der Waals surface area contributed by atoms with E-state index in [1.807, 2.05) is 6.92 Å². The summed E-state index contributed by atoms with van der Waals surface area (Å²) in [5.41, 5.74) is -0.850. The zero-order valence-electron chi connectivity index (χ0n) is 11.7. The Hall–Kier alpha value is -0.940. The molecule has 1 amide bonds. The van der Waals surface area contributed by atoms with E-state index in [1.165, 1.54) is 0 Å². The molecule has 2 unspecified atom stereocenters. The van der Waals surface area contributed by atoms with Gasteiger partial charge in [0.2, 0.25) is 5.91 Å². The van der Waals surface area contributed by atoms with Crippen LogP contribution in [0.25, 0.3) is 0 Å². The number of nitrogens with one attached hydrogen (secondary N) is 1. The van der Waals surface area contributed by atoms with Gasteiger partial charge in [0, 0.05) is 17.9 Å². The van der Waals surface area contributed by atoms with Gasteiger partial charge in [-0.05, 0) is 19.8 Å². The first-order valence-corrected chi connectivity index (χ1v) is 6.29. The Morgan fingerprint density at radius 2 is 1.89 bits per heavy atom. The lowest BCUT2D eigenvalue weighted by atomic mass is 9.87. The molecule has 5 heteroatoms. The fourth-order valence-electron chi connectivity index (χ4n) is 1.36. The minimum atomic E-state index is -1.23. The van der Waals surface area contributed by atoms with Crippen molar-refractivity contribution in [2.24, 2.45) is 11.3 Å².